The van der Waals surface area contributed by atoms with Crippen molar-refractivity contribution in [1.29, 1.82) is 0 Å². The van der Waals surface area contributed by atoms with E-state index < -0.39 is 28.5 Å². The summed E-state index contributed by atoms with van der Waals surface area (Å²) in [6.45, 7) is 6.26. The van der Waals surface area contributed by atoms with Gasteiger partial charge in [-0.05, 0) is 45.4 Å². The molecule has 0 saturated carbocycles. The van der Waals surface area contributed by atoms with Gasteiger partial charge in [0.2, 0.25) is 21.8 Å². The Labute approximate surface area is 195 Å². The molecule has 9 heteroatoms. The van der Waals surface area contributed by atoms with Gasteiger partial charge in [0.1, 0.15) is 12.6 Å². The van der Waals surface area contributed by atoms with Crippen LogP contribution in [0, 0.1) is 0 Å². The molecule has 0 radical (unpaired) electrons. The summed E-state index contributed by atoms with van der Waals surface area (Å²) in [7, 11) is -3.85. The minimum Gasteiger partial charge on any atom is -0.352 e. The lowest BCUT2D eigenvalue weighted by molar-refractivity contribution is -0.139. The lowest BCUT2D eigenvalue weighted by atomic mass is 10.1. The summed E-state index contributed by atoms with van der Waals surface area (Å²) in [5.74, 6) is -1.09. The number of rotatable bonds is 10. The van der Waals surface area contributed by atoms with Crippen molar-refractivity contribution in [2.24, 2.45) is 0 Å². The van der Waals surface area contributed by atoms with Crippen LogP contribution < -0.4 is 9.62 Å². The van der Waals surface area contributed by atoms with E-state index in [1.54, 1.807) is 19.1 Å². The molecule has 0 aliphatic heterocycles. The fourth-order valence-corrected chi connectivity index (χ4v) is 4.10. The smallest absolute Gasteiger partial charge is 0.244 e. The molecule has 0 spiro atoms. The van der Waals surface area contributed by atoms with Gasteiger partial charge in [-0.15, -0.1) is 0 Å². The maximum Gasteiger partial charge on any atom is 0.244 e. The molecule has 0 heterocycles. The minimum absolute atomic E-state index is 0.115. The predicted molar refractivity (Wildman–Crippen MR) is 128 cm³/mol. The molecule has 2 aromatic carbocycles. The average molecular weight is 474 g/mol. The molecular weight excluding hydrogens is 442 g/mol. The highest BCUT2D eigenvalue weighted by atomic mass is 32.2. The zero-order valence-electron chi connectivity index (χ0n) is 19.6. The van der Waals surface area contributed by atoms with E-state index in [9.17, 15) is 22.8 Å². The van der Waals surface area contributed by atoms with Crippen molar-refractivity contribution >= 4 is 33.3 Å². The number of nitrogens with zero attached hydrogens (tertiary/aromatic N) is 2. The number of hydrogen-bond donors (Lipinski definition) is 1. The van der Waals surface area contributed by atoms with Gasteiger partial charge in [0, 0.05) is 18.2 Å². The highest BCUT2D eigenvalue weighted by molar-refractivity contribution is 7.92. The Kier molecular flexibility index (Phi) is 8.76. The van der Waals surface area contributed by atoms with Crippen LogP contribution in [0.1, 0.15) is 43.6 Å². The topological polar surface area (TPSA) is 104 Å². The number of carbonyl (C=O) groups is 3. The summed E-state index contributed by atoms with van der Waals surface area (Å²) in [5.41, 5.74) is 1.34. The summed E-state index contributed by atoms with van der Waals surface area (Å²) < 4.78 is 26.1. The number of sulfonamides is 1. The molecule has 0 fully saturated rings. The van der Waals surface area contributed by atoms with Gasteiger partial charge in [-0.1, -0.05) is 42.5 Å². The first-order valence-corrected chi connectivity index (χ1v) is 12.5. The normalized spacial score (nSPS) is 12.2. The summed E-state index contributed by atoms with van der Waals surface area (Å²) in [4.78, 5) is 39.2. The first-order chi connectivity index (χ1) is 15.4. The van der Waals surface area contributed by atoms with Crippen molar-refractivity contribution in [1.82, 2.24) is 10.2 Å². The van der Waals surface area contributed by atoms with Crippen LogP contribution in [-0.2, 0) is 26.2 Å². The summed E-state index contributed by atoms with van der Waals surface area (Å²) >= 11 is 0. The van der Waals surface area contributed by atoms with E-state index in [0.717, 1.165) is 16.1 Å². The van der Waals surface area contributed by atoms with E-state index in [4.69, 9.17) is 0 Å². The second kappa shape index (κ2) is 11.1. The lowest BCUT2D eigenvalue weighted by Crippen LogP contribution is -2.52. The Hall–Kier alpha value is -3.20. The fourth-order valence-electron chi connectivity index (χ4n) is 3.26. The van der Waals surface area contributed by atoms with Crippen LogP contribution >= 0.6 is 0 Å². The van der Waals surface area contributed by atoms with Gasteiger partial charge in [0.05, 0.1) is 11.9 Å². The van der Waals surface area contributed by atoms with Gasteiger partial charge >= 0.3 is 0 Å². The van der Waals surface area contributed by atoms with Crippen molar-refractivity contribution in [2.45, 2.75) is 46.3 Å². The third-order valence-corrected chi connectivity index (χ3v) is 6.15. The zero-order valence-corrected chi connectivity index (χ0v) is 20.4. The van der Waals surface area contributed by atoms with Gasteiger partial charge in [-0.25, -0.2) is 8.42 Å². The van der Waals surface area contributed by atoms with Gasteiger partial charge in [-0.2, -0.15) is 0 Å². The summed E-state index contributed by atoms with van der Waals surface area (Å²) in [6, 6.07) is 14.3. The van der Waals surface area contributed by atoms with E-state index in [1.807, 2.05) is 44.2 Å². The number of benzene rings is 2. The molecule has 2 aromatic rings. The second-order valence-corrected chi connectivity index (χ2v) is 10.1. The number of Topliss-reactive ketones (excluding diaryl/α,β-unsaturated/α-hetero) is 1. The Balaban J connectivity index is 2.40. The largest absolute Gasteiger partial charge is 0.352 e. The average Bonchev–Trinajstić information content (AvgIpc) is 2.74. The lowest BCUT2D eigenvalue weighted by Gasteiger charge is -2.32. The molecule has 0 aromatic heterocycles. The molecule has 1 unspecified atom stereocenters. The molecule has 2 rings (SSSR count). The molecule has 0 aliphatic carbocycles. The minimum atomic E-state index is -3.85. The summed E-state index contributed by atoms with van der Waals surface area (Å²) in [6.07, 6.45) is 0.997. The molecule has 0 bridgehead atoms. The van der Waals surface area contributed by atoms with Crippen molar-refractivity contribution < 1.29 is 22.8 Å². The van der Waals surface area contributed by atoms with Crippen molar-refractivity contribution in [3.05, 3.63) is 65.7 Å². The Bertz CT molecular complexity index is 1100. The maximum atomic E-state index is 13.4. The van der Waals surface area contributed by atoms with Gasteiger partial charge < -0.3 is 10.2 Å². The van der Waals surface area contributed by atoms with Crippen LogP contribution in [0.25, 0.3) is 0 Å². The predicted octanol–water partition coefficient (Wildman–Crippen LogP) is 2.60. The highest BCUT2D eigenvalue weighted by Crippen LogP contribution is 2.21. The molecule has 33 heavy (non-hydrogen) atoms. The SMILES string of the molecule is CC(=O)c1cccc(N(CC(=O)N(Cc2ccccc2)C(C)C(=O)NC(C)C)S(C)(=O)=O)c1. The van der Waals surface area contributed by atoms with Crippen LogP contribution in [0.3, 0.4) is 0 Å². The van der Waals surface area contributed by atoms with E-state index >= 15 is 0 Å². The van der Waals surface area contributed by atoms with E-state index in [1.165, 1.54) is 24.0 Å². The first kappa shape index (κ1) is 26.1. The van der Waals surface area contributed by atoms with Gasteiger partial charge in [0.25, 0.3) is 0 Å². The molecule has 0 aliphatic rings. The van der Waals surface area contributed by atoms with Crippen molar-refractivity contribution in [3.63, 3.8) is 0 Å². The molecular formula is C24H31N3O5S. The van der Waals surface area contributed by atoms with Crippen LogP contribution in [0.5, 0.6) is 0 Å². The molecule has 8 nitrogen and oxygen atoms in total. The number of hydrogen-bond acceptors (Lipinski definition) is 5. The van der Waals surface area contributed by atoms with Crippen molar-refractivity contribution in [3.8, 4) is 0 Å². The third-order valence-electron chi connectivity index (χ3n) is 5.01. The first-order valence-electron chi connectivity index (χ1n) is 10.6. The standard InChI is InChI=1S/C24H31N3O5S/c1-17(2)25-24(30)18(3)26(15-20-10-7-6-8-11-20)23(29)16-27(33(5,31)32)22-13-9-12-21(14-22)19(4)28/h6-14,17-18H,15-16H2,1-5H3,(H,25,30). The molecule has 178 valence electrons. The Morgan fingerprint density at radius 1 is 0.970 bits per heavy atom. The maximum absolute atomic E-state index is 13.4. The second-order valence-electron chi connectivity index (χ2n) is 8.22. The van der Waals surface area contributed by atoms with Crippen LogP contribution in [0.15, 0.2) is 54.6 Å². The summed E-state index contributed by atoms with van der Waals surface area (Å²) in [5, 5.41) is 2.80. The molecule has 2 amide bonds. The Morgan fingerprint density at radius 3 is 2.15 bits per heavy atom. The molecule has 1 atom stereocenters. The third kappa shape index (κ3) is 7.42. The molecule has 0 saturated heterocycles. The van der Waals surface area contributed by atoms with Gasteiger partial charge in [0.15, 0.2) is 5.78 Å². The Morgan fingerprint density at radius 2 is 1.61 bits per heavy atom. The fraction of sp³-hybridized carbons (Fsp3) is 0.375. The number of carbonyl (C=O) groups excluding carboxylic acids is 3. The van der Waals surface area contributed by atoms with Gasteiger partial charge in [-0.3, -0.25) is 18.7 Å². The van der Waals surface area contributed by atoms with Crippen LogP contribution in [-0.4, -0.2) is 55.8 Å². The van der Waals surface area contributed by atoms with Crippen molar-refractivity contribution in [2.75, 3.05) is 17.1 Å². The molecule has 1 N–H and O–H groups in total. The number of amides is 2. The van der Waals surface area contributed by atoms with E-state index in [0.29, 0.717) is 5.56 Å². The van der Waals surface area contributed by atoms with Crippen LogP contribution in [0.2, 0.25) is 0 Å². The number of ketones is 1. The monoisotopic (exact) mass is 473 g/mol. The number of anilines is 1. The number of nitrogens with one attached hydrogen (secondary N) is 1. The van der Waals surface area contributed by atoms with Crippen LogP contribution in [0.4, 0.5) is 5.69 Å². The highest BCUT2D eigenvalue weighted by Gasteiger charge is 2.30. The van der Waals surface area contributed by atoms with E-state index in [-0.39, 0.29) is 30.0 Å². The van der Waals surface area contributed by atoms with E-state index in [2.05, 4.69) is 5.32 Å². The quantitative estimate of drug-likeness (QED) is 0.534. The zero-order chi connectivity index (χ0) is 24.8.